The van der Waals surface area contributed by atoms with Crippen LogP contribution in [0.2, 0.25) is 5.15 Å². The van der Waals surface area contributed by atoms with Gasteiger partial charge in [0.05, 0.1) is 12.0 Å². The van der Waals surface area contributed by atoms with Crippen LogP contribution in [-0.4, -0.2) is 17.0 Å². The third kappa shape index (κ3) is 2.41. The van der Waals surface area contributed by atoms with E-state index in [9.17, 15) is 10.1 Å². The van der Waals surface area contributed by atoms with Gasteiger partial charge < -0.3 is 4.74 Å². The van der Waals surface area contributed by atoms with Gasteiger partial charge in [-0.05, 0) is 18.2 Å². The van der Waals surface area contributed by atoms with Crippen molar-refractivity contribution >= 4 is 17.3 Å². The molecule has 0 aliphatic rings. The maximum Gasteiger partial charge on any atom is 0.295 e. The van der Waals surface area contributed by atoms with Gasteiger partial charge in [0.1, 0.15) is 16.6 Å². The first-order valence-electron chi connectivity index (χ1n) is 5.07. The fourth-order valence-electron chi connectivity index (χ4n) is 1.56. The molecule has 5 nitrogen and oxygen atoms in total. The van der Waals surface area contributed by atoms with Gasteiger partial charge in [0.2, 0.25) is 0 Å². The summed E-state index contributed by atoms with van der Waals surface area (Å²) >= 11 is 5.78. The maximum atomic E-state index is 11.0. The highest BCUT2D eigenvalue weighted by Crippen LogP contribution is 2.31. The minimum Gasteiger partial charge on any atom is -0.497 e. The summed E-state index contributed by atoms with van der Waals surface area (Å²) in [5.41, 5.74) is 0.725. The molecule has 2 rings (SSSR count). The zero-order chi connectivity index (χ0) is 13.1. The Morgan fingerprint density at radius 3 is 2.78 bits per heavy atom. The molecule has 2 aromatic rings. The Hall–Kier alpha value is -2.14. The van der Waals surface area contributed by atoms with Crippen molar-refractivity contribution in [2.24, 2.45) is 0 Å². The molecule has 0 fully saturated rings. The first-order chi connectivity index (χ1) is 8.61. The Labute approximate surface area is 108 Å². The molecule has 0 atom stereocenters. The van der Waals surface area contributed by atoms with E-state index < -0.39 is 4.92 Å². The van der Waals surface area contributed by atoms with Gasteiger partial charge in [-0.2, -0.15) is 0 Å². The fourth-order valence-corrected chi connectivity index (χ4v) is 1.71. The number of aromatic nitrogens is 1. The van der Waals surface area contributed by atoms with Gasteiger partial charge in [-0.25, -0.2) is 4.98 Å². The summed E-state index contributed by atoms with van der Waals surface area (Å²) in [6.07, 6.45) is 0. The number of halogens is 1. The Balaban J connectivity index is 2.61. The van der Waals surface area contributed by atoms with Gasteiger partial charge in [-0.3, -0.25) is 10.1 Å². The van der Waals surface area contributed by atoms with E-state index >= 15 is 0 Å². The minimum atomic E-state index is -0.488. The first-order valence-corrected chi connectivity index (χ1v) is 5.45. The second-order valence-corrected chi connectivity index (χ2v) is 3.88. The van der Waals surface area contributed by atoms with Crippen molar-refractivity contribution in [3.8, 4) is 17.0 Å². The lowest BCUT2D eigenvalue weighted by Gasteiger charge is -2.05. The molecule has 0 amide bonds. The molecule has 0 aliphatic carbocycles. The molecule has 0 saturated heterocycles. The van der Waals surface area contributed by atoms with Crippen LogP contribution in [-0.2, 0) is 0 Å². The number of nitro groups is 1. The molecule has 1 aromatic heterocycles. The van der Waals surface area contributed by atoms with Crippen molar-refractivity contribution in [2.45, 2.75) is 0 Å². The molecule has 0 bridgehead atoms. The van der Waals surface area contributed by atoms with Crippen LogP contribution in [0, 0.1) is 10.1 Å². The van der Waals surface area contributed by atoms with Gasteiger partial charge in [-0.15, -0.1) is 0 Å². The highest BCUT2D eigenvalue weighted by Gasteiger charge is 2.17. The summed E-state index contributed by atoms with van der Waals surface area (Å²) in [5, 5.41) is 11.2. The average molecular weight is 265 g/mol. The summed E-state index contributed by atoms with van der Waals surface area (Å²) in [7, 11) is 1.53. The van der Waals surface area contributed by atoms with E-state index in [0.717, 1.165) is 0 Å². The van der Waals surface area contributed by atoms with Gasteiger partial charge in [-0.1, -0.05) is 23.7 Å². The highest BCUT2D eigenvalue weighted by molar-refractivity contribution is 6.29. The van der Waals surface area contributed by atoms with Crippen LogP contribution < -0.4 is 4.74 Å². The molecule has 1 aromatic carbocycles. The first kappa shape index (κ1) is 12.3. The highest BCUT2D eigenvalue weighted by atomic mass is 35.5. The number of hydrogen-bond donors (Lipinski definition) is 0. The zero-order valence-corrected chi connectivity index (χ0v) is 10.2. The molecule has 0 N–H and O–H groups in total. The van der Waals surface area contributed by atoms with Crippen molar-refractivity contribution in [3.63, 3.8) is 0 Å². The zero-order valence-electron chi connectivity index (χ0n) is 9.46. The molecule has 0 spiro atoms. The van der Waals surface area contributed by atoms with Crippen LogP contribution in [0.15, 0.2) is 36.4 Å². The van der Waals surface area contributed by atoms with Crippen molar-refractivity contribution in [1.82, 2.24) is 4.98 Å². The summed E-state index contributed by atoms with van der Waals surface area (Å²) < 4.78 is 5.08. The molecular formula is C12H9ClN2O3. The van der Waals surface area contributed by atoms with Gasteiger partial charge >= 0.3 is 0 Å². The second-order valence-electron chi connectivity index (χ2n) is 3.49. The Kier molecular flexibility index (Phi) is 3.43. The molecule has 92 valence electrons. The molecule has 6 heteroatoms. The normalized spacial score (nSPS) is 10.1. The number of hydrogen-bond acceptors (Lipinski definition) is 4. The molecule has 18 heavy (non-hydrogen) atoms. The standard InChI is InChI=1S/C12H9ClN2O3/c1-18-9-4-2-3-8(7-9)12-10(15(16)17)5-6-11(13)14-12/h2-7H,1H3. The smallest absolute Gasteiger partial charge is 0.295 e. The van der Waals surface area contributed by atoms with E-state index in [-0.39, 0.29) is 16.5 Å². The Bertz CT molecular complexity index is 602. The number of pyridine rings is 1. The predicted octanol–water partition coefficient (Wildman–Crippen LogP) is 3.32. The van der Waals surface area contributed by atoms with E-state index in [2.05, 4.69) is 4.98 Å². The number of ether oxygens (including phenoxy) is 1. The summed E-state index contributed by atoms with van der Waals surface area (Å²) in [6, 6.07) is 9.60. The third-order valence-electron chi connectivity index (χ3n) is 2.38. The largest absolute Gasteiger partial charge is 0.497 e. The van der Waals surface area contributed by atoms with Crippen LogP contribution in [0.25, 0.3) is 11.3 Å². The molecule has 0 unspecified atom stereocenters. The lowest BCUT2D eigenvalue weighted by molar-refractivity contribution is -0.384. The van der Waals surface area contributed by atoms with E-state index in [1.54, 1.807) is 24.3 Å². The van der Waals surface area contributed by atoms with E-state index in [4.69, 9.17) is 16.3 Å². The SMILES string of the molecule is COc1cccc(-c2nc(Cl)ccc2[N+](=O)[O-])c1. The van der Waals surface area contributed by atoms with Crippen LogP contribution in [0.3, 0.4) is 0 Å². The van der Waals surface area contributed by atoms with Crippen molar-refractivity contribution < 1.29 is 9.66 Å². The van der Waals surface area contributed by atoms with E-state index in [1.165, 1.54) is 19.2 Å². The maximum absolute atomic E-state index is 11.0. The number of benzene rings is 1. The van der Waals surface area contributed by atoms with E-state index in [1.807, 2.05) is 0 Å². The number of methoxy groups -OCH3 is 1. The summed E-state index contributed by atoms with van der Waals surface area (Å²) in [4.78, 5) is 14.5. The molecular weight excluding hydrogens is 256 g/mol. The Morgan fingerprint density at radius 2 is 2.11 bits per heavy atom. The topological polar surface area (TPSA) is 65.3 Å². The van der Waals surface area contributed by atoms with Gasteiger partial charge in [0, 0.05) is 11.6 Å². The lowest BCUT2D eigenvalue weighted by Crippen LogP contribution is -1.95. The fraction of sp³-hybridized carbons (Fsp3) is 0.0833. The predicted molar refractivity (Wildman–Crippen MR) is 67.9 cm³/mol. The van der Waals surface area contributed by atoms with Crippen molar-refractivity contribution in [2.75, 3.05) is 7.11 Å². The van der Waals surface area contributed by atoms with Crippen molar-refractivity contribution in [1.29, 1.82) is 0 Å². The molecule has 1 heterocycles. The monoisotopic (exact) mass is 264 g/mol. The van der Waals surface area contributed by atoms with Crippen molar-refractivity contribution in [3.05, 3.63) is 51.7 Å². The van der Waals surface area contributed by atoms with Crippen LogP contribution >= 0.6 is 11.6 Å². The van der Waals surface area contributed by atoms with Gasteiger partial charge in [0.15, 0.2) is 0 Å². The summed E-state index contributed by atoms with van der Waals surface area (Å²) in [6.45, 7) is 0. The number of rotatable bonds is 3. The van der Waals surface area contributed by atoms with E-state index in [0.29, 0.717) is 11.3 Å². The minimum absolute atomic E-state index is 0.0901. The number of nitrogens with zero attached hydrogens (tertiary/aromatic N) is 2. The molecule has 0 aliphatic heterocycles. The van der Waals surface area contributed by atoms with Crippen LogP contribution in [0.1, 0.15) is 0 Å². The molecule has 0 saturated carbocycles. The third-order valence-corrected chi connectivity index (χ3v) is 2.59. The van der Waals surface area contributed by atoms with Crippen LogP contribution in [0.4, 0.5) is 5.69 Å². The lowest BCUT2D eigenvalue weighted by atomic mass is 10.1. The van der Waals surface area contributed by atoms with Crippen LogP contribution in [0.5, 0.6) is 5.75 Å². The second kappa shape index (κ2) is 5.01. The average Bonchev–Trinajstić information content (AvgIpc) is 2.38. The quantitative estimate of drug-likeness (QED) is 0.485. The van der Waals surface area contributed by atoms with Gasteiger partial charge in [0.25, 0.3) is 5.69 Å². The molecule has 0 radical (unpaired) electrons. The summed E-state index contributed by atoms with van der Waals surface area (Å²) in [5.74, 6) is 0.601. The Morgan fingerprint density at radius 1 is 1.33 bits per heavy atom.